The number of hydrogen-bond donors (Lipinski definition) is 0. The molecule has 0 saturated heterocycles. The van der Waals surface area contributed by atoms with Crippen LogP contribution >= 0.6 is 0 Å². The van der Waals surface area contributed by atoms with Crippen LogP contribution in [0.15, 0.2) is 48.8 Å². The Labute approximate surface area is 109 Å². The molecule has 0 N–H and O–H groups in total. The van der Waals surface area contributed by atoms with Crippen molar-refractivity contribution in [3.05, 3.63) is 54.4 Å². The lowest BCUT2D eigenvalue weighted by molar-refractivity contribution is 0.410. The van der Waals surface area contributed by atoms with Crippen molar-refractivity contribution in [3.8, 4) is 11.5 Å². The predicted molar refractivity (Wildman–Crippen MR) is 73.9 cm³/mol. The third-order valence-electron chi connectivity index (χ3n) is 2.54. The lowest BCUT2D eigenvalue weighted by Crippen LogP contribution is -2.08. The summed E-state index contributed by atoms with van der Waals surface area (Å²) in [6.45, 7) is 6.73. The highest BCUT2D eigenvalue weighted by atomic mass is 16.5. The first-order valence-corrected chi connectivity index (χ1v) is 6.20. The summed E-state index contributed by atoms with van der Waals surface area (Å²) in [5.41, 5.74) is 1.65. The average molecular weight is 241 g/mol. The molecule has 0 amide bonds. The number of ether oxygens (including phenoxy) is 1. The van der Waals surface area contributed by atoms with Gasteiger partial charge in [-0.1, -0.05) is 32.9 Å². The maximum absolute atomic E-state index is 5.72. The summed E-state index contributed by atoms with van der Waals surface area (Å²) < 4.78 is 5.72. The highest BCUT2D eigenvalue weighted by molar-refractivity contribution is 5.32. The second-order valence-electron chi connectivity index (χ2n) is 5.67. The molecule has 18 heavy (non-hydrogen) atoms. The first-order valence-electron chi connectivity index (χ1n) is 6.20. The summed E-state index contributed by atoms with van der Waals surface area (Å²) in [4.78, 5) is 3.96. The molecule has 0 saturated carbocycles. The monoisotopic (exact) mass is 241 g/mol. The summed E-state index contributed by atoms with van der Waals surface area (Å²) in [5, 5.41) is 0. The van der Waals surface area contributed by atoms with Crippen molar-refractivity contribution < 1.29 is 4.74 Å². The largest absolute Gasteiger partial charge is 0.457 e. The van der Waals surface area contributed by atoms with E-state index in [0.717, 1.165) is 17.9 Å². The van der Waals surface area contributed by atoms with Gasteiger partial charge in [0.25, 0.3) is 0 Å². The second-order valence-corrected chi connectivity index (χ2v) is 5.67. The van der Waals surface area contributed by atoms with Gasteiger partial charge in [0.05, 0.1) is 0 Å². The molecule has 1 heterocycles. The molecule has 0 bridgehead atoms. The van der Waals surface area contributed by atoms with Crippen molar-refractivity contribution in [1.82, 2.24) is 4.98 Å². The number of benzene rings is 1. The SMILES string of the molecule is CC(C)(C)Cc1ccc(Oc2ccncc2)cc1. The maximum atomic E-state index is 5.72. The van der Waals surface area contributed by atoms with Crippen LogP contribution in [0.3, 0.4) is 0 Å². The van der Waals surface area contributed by atoms with Crippen molar-refractivity contribution >= 4 is 0 Å². The highest BCUT2D eigenvalue weighted by Crippen LogP contribution is 2.24. The van der Waals surface area contributed by atoms with Gasteiger partial charge in [-0.3, -0.25) is 4.98 Å². The van der Waals surface area contributed by atoms with Crippen molar-refractivity contribution in [1.29, 1.82) is 0 Å². The van der Waals surface area contributed by atoms with E-state index in [-0.39, 0.29) is 0 Å². The highest BCUT2D eigenvalue weighted by Gasteiger charge is 2.10. The maximum Gasteiger partial charge on any atom is 0.130 e. The normalized spacial score (nSPS) is 11.3. The minimum atomic E-state index is 0.313. The summed E-state index contributed by atoms with van der Waals surface area (Å²) in [6.07, 6.45) is 4.52. The van der Waals surface area contributed by atoms with Gasteiger partial charge in [-0.05, 0) is 41.7 Å². The molecular formula is C16H19NO. The van der Waals surface area contributed by atoms with E-state index >= 15 is 0 Å². The first kappa shape index (κ1) is 12.6. The summed E-state index contributed by atoms with van der Waals surface area (Å²) in [5.74, 6) is 1.67. The van der Waals surface area contributed by atoms with Crippen LogP contribution in [0.2, 0.25) is 0 Å². The van der Waals surface area contributed by atoms with Crippen LogP contribution < -0.4 is 4.74 Å². The van der Waals surface area contributed by atoms with Crippen molar-refractivity contribution in [3.63, 3.8) is 0 Å². The zero-order chi connectivity index (χ0) is 13.0. The molecule has 0 atom stereocenters. The van der Waals surface area contributed by atoms with E-state index in [1.807, 2.05) is 24.3 Å². The van der Waals surface area contributed by atoms with E-state index in [1.54, 1.807) is 12.4 Å². The fourth-order valence-corrected chi connectivity index (χ4v) is 1.83. The Morgan fingerprint density at radius 2 is 1.44 bits per heavy atom. The van der Waals surface area contributed by atoms with Crippen LogP contribution in [-0.2, 0) is 6.42 Å². The van der Waals surface area contributed by atoms with Crippen LogP contribution in [0.4, 0.5) is 0 Å². The van der Waals surface area contributed by atoms with Crippen LogP contribution in [0.1, 0.15) is 26.3 Å². The van der Waals surface area contributed by atoms with E-state index in [0.29, 0.717) is 5.41 Å². The molecule has 2 heteroatoms. The molecule has 2 nitrogen and oxygen atoms in total. The fourth-order valence-electron chi connectivity index (χ4n) is 1.83. The van der Waals surface area contributed by atoms with Gasteiger partial charge in [-0.25, -0.2) is 0 Å². The minimum absolute atomic E-state index is 0.313. The van der Waals surface area contributed by atoms with Gasteiger partial charge in [0.2, 0.25) is 0 Å². The van der Waals surface area contributed by atoms with Crippen LogP contribution in [-0.4, -0.2) is 4.98 Å². The molecule has 1 aromatic carbocycles. The van der Waals surface area contributed by atoms with Crippen molar-refractivity contribution in [2.75, 3.05) is 0 Å². The van der Waals surface area contributed by atoms with Gasteiger partial charge in [0.1, 0.15) is 11.5 Å². The molecule has 94 valence electrons. The Balaban J connectivity index is 2.04. The van der Waals surface area contributed by atoms with E-state index in [1.165, 1.54) is 5.56 Å². The molecule has 0 radical (unpaired) electrons. The topological polar surface area (TPSA) is 22.1 Å². The molecule has 2 rings (SSSR count). The number of aromatic nitrogens is 1. The quantitative estimate of drug-likeness (QED) is 0.791. The minimum Gasteiger partial charge on any atom is -0.457 e. The standard InChI is InChI=1S/C16H19NO/c1-16(2,3)12-13-4-6-14(7-5-13)18-15-8-10-17-11-9-15/h4-11H,12H2,1-3H3. The predicted octanol–water partition coefficient (Wildman–Crippen LogP) is 4.46. The van der Waals surface area contributed by atoms with Gasteiger partial charge in [-0.15, -0.1) is 0 Å². The summed E-state index contributed by atoms with van der Waals surface area (Å²) >= 11 is 0. The zero-order valence-electron chi connectivity index (χ0n) is 11.2. The van der Waals surface area contributed by atoms with Gasteiger partial charge in [0, 0.05) is 12.4 Å². The average Bonchev–Trinajstić information content (AvgIpc) is 2.31. The molecule has 0 unspecified atom stereocenters. The molecular weight excluding hydrogens is 222 g/mol. The van der Waals surface area contributed by atoms with E-state index in [4.69, 9.17) is 4.74 Å². The Morgan fingerprint density at radius 1 is 0.889 bits per heavy atom. The van der Waals surface area contributed by atoms with Gasteiger partial charge in [0.15, 0.2) is 0 Å². The third kappa shape index (κ3) is 3.88. The number of pyridine rings is 1. The Hall–Kier alpha value is -1.83. The lowest BCUT2D eigenvalue weighted by Gasteiger charge is -2.18. The molecule has 0 spiro atoms. The smallest absolute Gasteiger partial charge is 0.130 e. The Morgan fingerprint density at radius 3 is 2.00 bits per heavy atom. The van der Waals surface area contributed by atoms with Gasteiger partial charge >= 0.3 is 0 Å². The van der Waals surface area contributed by atoms with Gasteiger partial charge < -0.3 is 4.74 Å². The van der Waals surface area contributed by atoms with Crippen LogP contribution in [0, 0.1) is 5.41 Å². The number of nitrogens with zero attached hydrogens (tertiary/aromatic N) is 1. The molecule has 0 aliphatic heterocycles. The Bertz CT molecular complexity index is 483. The van der Waals surface area contributed by atoms with Crippen molar-refractivity contribution in [2.45, 2.75) is 27.2 Å². The fraction of sp³-hybridized carbons (Fsp3) is 0.312. The third-order valence-corrected chi connectivity index (χ3v) is 2.54. The molecule has 2 aromatic rings. The van der Waals surface area contributed by atoms with E-state index in [9.17, 15) is 0 Å². The number of rotatable bonds is 3. The molecule has 0 aliphatic carbocycles. The Kier molecular flexibility index (Phi) is 3.66. The van der Waals surface area contributed by atoms with Crippen LogP contribution in [0.25, 0.3) is 0 Å². The van der Waals surface area contributed by atoms with E-state index < -0.39 is 0 Å². The first-order chi connectivity index (χ1) is 8.53. The van der Waals surface area contributed by atoms with Gasteiger partial charge in [-0.2, -0.15) is 0 Å². The van der Waals surface area contributed by atoms with Crippen molar-refractivity contribution in [2.24, 2.45) is 5.41 Å². The molecule has 0 fully saturated rings. The van der Waals surface area contributed by atoms with E-state index in [2.05, 4.69) is 37.9 Å². The molecule has 0 aliphatic rings. The lowest BCUT2D eigenvalue weighted by atomic mass is 9.88. The number of hydrogen-bond acceptors (Lipinski definition) is 2. The van der Waals surface area contributed by atoms with Crippen LogP contribution in [0.5, 0.6) is 11.5 Å². The zero-order valence-corrected chi connectivity index (χ0v) is 11.2. The summed E-state index contributed by atoms with van der Waals surface area (Å²) in [7, 11) is 0. The second kappa shape index (κ2) is 5.21. The summed E-state index contributed by atoms with van der Waals surface area (Å²) in [6, 6.07) is 12.0. The molecule has 1 aromatic heterocycles.